The fraction of sp³-hybridized carbons (Fsp3) is 0.435. The largest absolute Gasteiger partial charge is 0.494 e. The van der Waals surface area contributed by atoms with Crippen molar-refractivity contribution in [3.8, 4) is 5.75 Å². The summed E-state index contributed by atoms with van der Waals surface area (Å²) in [6.07, 6.45) is 0.931. The fourth-order valence-electron chi connectivity index (χ4n) is 4.32. The molecule has 2 aromatic carbocycles. The number of fused-ring (bicyclic) bond motifs is 1. The second-order valence-electron chi connectivity index (χ2n) is 7.83. The van der Waals surface area contributed by atoms with E-state index in [1.165, 1.54) is 12.7 Å². The number of piperazine rings is 1. The summed E-state index contributed by atoms with van der Waals surface area (Å²) in [6, 6.07) is 13.2. The summed E-state index contributed by atoms with van der Waals surface area (Å²) in [5.74, 6) is 0.128. The maximum absolute atomic E-state index is 13.9. The van der Waals surface area contributed by atoms with Crippen LogP contribution in [0.4, 0.5) is 10.1 Å². The molecule has 0 saturated carbocycles. The maximum atomic E-state index is 13.9. The number of amides is 1. The molecule has 6 heteroatoms. The summed E-state index contributed by atoms with van der Waals surface area (Å²) in [5, 5.41) is 0. The second kappa shape index (κ2) is 8.51. The van der Waals surface area contributed by atoms with E-state index in [4.69, 9.17) is 4.74 Å². The summed E-state index contributed by atoms with van der Waals surface area (Å²) in [4.78, 5) is 19.6. The van der Waals surface area contributed by atoms with E-state index in [9.17, 15) is 9.18 Å². The number of nitrogens with zero attached hydrogens (tertiary/aromatic N) is 3. The number of hydrogen-bond acceptors (Lipinski definition) is 4. The van der Waals surface area contributed by atoms with Crippen molar-refractivity contribution >= 4 is 11.6 Å². The molecule has 0 spiro atoms. The number of benzene rings is 2. The Labute approximate surface area is 171 Å². The lowest BCUT2D eigenvalue weighted by atomic mass is 10.1. The van der Waals surface area contributed by atoms with E-state index in [2.05, 4.69) is 15.9 Å². The Morgan fingerprint density at radius 1 is 1.10 bits per heavy atom. The van der Waals surface area contributed by atoms with Crippen LogP contribution in [0.25, 0.3) is 0 Å². The molecule has 2 heterocycles. The molecule has 154 valence electrons. The van der Waals surface area contributed by atoms with Crippen molar-refractivity contribution in [1.82, 2.24) is 9.80 Å². The highest BCUT2D eigenvalue weighted by molar-refractivity contribution is 5.98. The van der Waals surface area contributed by atoms with E-state index in [1.807, 2.05) is 36.1 Å². The first-order valence-electron chi connectivity index (χ1n) is 10.2. The Hall–Kier alpha value is -2.44. The quantitative estimate of drug-likeness (QED) is 0.777. The Morgan fingerprint density at radius 2 is 1.86 bits per heavy atom. The molecule has 5 nitrogen and oxygen atoms in total. The van der Waals surface area contributed by atoms with Crippen LogP contribution in [0.15, 0.2) is 42.5 Å². The minimum atomic E-state index is -0.325. The summed E-state index contributed by atoms with van der Waals surface area (Å²) < 4.78 is 18.9. The third-order valence-electron chi connectivity index (χ3n) is 6.09. The zero-order valence-electron chi connectivity index (χ0n) is 17.1. The van der Waals surface area contributed by atoms with Crippen molar-refractivity contribution in [2.24, 2.45) is 0 Å². The topological polar surface area (TPSA) is 36.0 Å². The van der Waals surface area contributed by atoms with Gasteiger partial charge in [0.2, 0.25) is 5.91 Å². The van der Waals surface area contributed by atoms with E-state index >= 15 is 0 Å². The fourth-order valence-corrected chi connectivity index (χ4v) is 4.32. The predicted molar refractivity (Wildman–Crippen MR) is 112 cm³/mol. The lowest BCUT2D eigenvalue weighted by Crippen LogP contribution is -2.54. The molecule has 29 heavy (non-hydrogen) atoms. The van der Waals surface area contributed by atoms with Gasteiger partial charge in [0.15, 0.2) is 11.6 Å². The van der Waals surface area contributed by atoms with Gasteiger partial charge in [0.25, 0.3) is 0 Å². The van der Waals surface area contributed by atoms with Gasteiger partial charge in [-0.2, -0.15) is 0 Å². The van der Waals surface area contributed by atoms with Gasteiger partial charge in [-0.1, -0.05) is 24.3 Å². The molecule has 0 bridgehead atoms. The van der Waals surface area contributed by atoms with E-state index in [-0.39, 0.29) is 23.5 Å². The van der Waals surface area contributed by atoms with Crippen LogP contribution in [0.2, 0.25) is 0 Å². The van der Waals surface area contributed by atoms with Gasteiger partial charge in [0.05, 0.1) is 13.2 Å². The van der Waals surface area contributed by atoms with Crippen LogP contribution < -0.4 is 9.64 Å². The van der Waals surface area contributed by atoms with Gasteiger partial charge in [0, 0.05) is 45.0 Å². The smallest absolute Gasteiger partial charge is 0.244 e. The molecule has 4 rings (SSSR count). The predicted octanol–water partition coefficient (Wildman–Crippen LogP) is 2.93. The average molecular weight is 397 g/mol. The molecule has 2 aromatic rings. The Balaban J connectivity index is 1.32. The first kappa shape index (κ1) is 19.9. The van der Waals surface area contributed by atoms with Gasteiger partial charge in [-0.25, -0.2) is 4.39 Å². The molecule has 0 radical (unpaired) electrons. The molecule has 0 N–H and O–H groups in total. The zero-order chi connectivity index (χ0) is 20.4. The first-order valence-corrected chi connectivity index (χ1v) is 10.2. The number of carbonyl (C=O) groups excluding carboxylic acids is 1. The Morgan fingerprint density at radius 3 is 2.59 bits per heavy atom. The Bertz CT molecular complexity index is 880. The molecular weight excluding hydrogens is 369 g/mol. The lowest BCUT2D eigenvalue weighted by Gasteiger charge is -2.38. The van der Waals surface area contributed by atoms with E-state index in [0.717, 1.165) is 50.4 Å². The minimum Gasteiger partial charge on any atom is -0.494 e. The van der Waals surface area contributed by atoms with Crippen LogP contribution in [0, 0.1) is 5.82 Å². The summed E-state index contributed by atoms with van der Waals surface area (Å²) in [5.41, 5.74) is 3.25. The monoisotopic (exact) mass is 397 g/mol. The van der Waals surface area contributed by atoms with Crippen molar-refractivity contribution < 1.29 is 13.9 Å². The van der Waals surface area contributed by atoms with Gasteiger partial charge >= 0.3 is 0 Å². The van der Waals surface area contributed by atoms with E-state index < -0.39 is 0 Å². The summed E-state index contributed by atoms with van der Waals surface area (Å²) in [7, 11) is 1.47. The standard InChI is InChI=1S/C23H28FN3O2/c1-17(23(28)27-10-9-19-5-3-4-6-21(19)27)26-13-11-25(12-14-26)16-18-7-8-22(29-2)20(24)15-18/h3-8,15,17H,9-14,16H2,1-2H3/t17-/m1/s1. The molecule has 0 unspecified atom stereocenters. The highest BCUT2D eigenvalue weighted by Gasteiger charge is 2.32. The minimum absolute atomic E-state index is 0.137. The van der Waals surface area contributed by atoms with Crippen LogP contribution in [0.3, 0.4) is 0 Å². The molecule has 2 aliphatic heterocycles. The summed E-state index contributed by atoms with van der Waals surface area (Å²) in [6.45, 7) is 6.88. The van der Waals surface area contributed by atoms with Crippen LogP contribution in [-0.2, 0) is 17.8 Å². The molecule has 2 aliphatic rings. The zero-order valence-corrected chi connectivity index (χ0v) is 17.1. The number of para-hydroxylation sites is 1. The number of methoxy groups -OCH3 is 1. The van der Waals surface area contributed by atoms with E-state index in [1.54, 1.807) is 12.1 Å². The molecule has 1 fully saturated rings. The normalized spacial score (nSPS) is 18.5. The number of ether oxygens (including phenoxy) is 1. The maximum Gasteiger partial charge on any atom is 0.244 e. The molecule has 0 aromatic heterocycles. The highest BCUT2D eigenvalue weighted by atomic mass is 19.1. The molecular formula is C23H28FN3O2. The second-order valence-corrected chi connectivity index (χ2v) is 7.83. The van der Waals surface area contributed by atoms with Crippen molar-refractivity contribution in [3.63, 3.8) is 0 Å². The third-order valence-corrected chi connectivity index (χ3v) is 6.09. The average Bonchev–Trinajstić information content (AvgIpc) is 3.17. The number of rotatable bonds is 5. The van der Waals surface area contributed by atoms with Crippen LogP contribution in [0.1, 0.15) is 18.1 Å². The van der Waals surface area contributed by atoms with Crippen molar-refractivity contribution in [1.29, 1.82) is 0 Å². The molecule has 1 atom stereocenters. The Kier molecular flexibility index (Phi) is 5.83. The molecule has 1 saturated heterocycles. The SMILES string of the molecule is COc1ccc(CN2CCN([C@H](C)C(=O)N3CCc4ccccc43)CC2)cc1F. The lowest BCUT2D eigenvalue weighted by molar-refractivity contribution is -0.123. The van der Waals surface area contributed by atoms with Gasteiger partial charge in [0.1, 0.15) is 0 Å². The number of hydrogen-bond donors (Lipinski definition) is 0. The van der Waals surface area contributed by atoms with Crippen LogP contribution in [-0.4, -0.2) is 61.6 Å². The number of halogens is 1. The third kappa shape index (κ3) is 4.14. The van der Waals surface area contributed by atoms with Crippen LogP contribution in [0.5, 0.6) is 5.75 Å². The van der Waals surface area contributed by atoms with Crippen LogP contribution >= 0.6 is 0 Å². The van der Waals surface area contributed by atoms with Gasteiger partial charge in [-0.3, -0.25) is 14.6 Å². The van der Waals surface area contributed by atoms with Gasteiger partial charge in [-0.05, 0) is 42.7 Å². The van der Waals surface area contributed by atoms with Gasteiger partial charge < -0.3 is 9.64 Å². The van der Waals surface area contributed by atoms with Crippen molar-refractivity contribution in [2.45, 2.75) is 25.9 Å². The number of carbonyl (C=O) groups is 1. The highest BCUT2D eigenvalue weighted by Crippen LogP contribution is 2.28. The van der Waals surface area contributed by atoms with Gasteiger partial charge in [-0.15, -0.1) is 0 Å². The van der Waals surface area contributed by atoms with Crippen molar-refractivity contribution in [2.75, 3.05) is 44.7 Å². The van der Waals surface area contributed by atoms with Crippen molar-refractivity contribution in [3.05, 3.63) is 59.4 Å². The molecule has 0 aliphatic carbocycles. The van der Waals surface area contributed by atoms with E-state index in [0.29, 0.717) is 6.54 Å². The first-order chi connectivity index (χ1) is 14.1. The summed E-state index contributed by atoms with van der Waals surface area (Å²) >= 11 is 0. The molecule has 1 amide bonds. The number of anilines is 1.